The predicted octanol–water partition coefficient (Wildman–Crippen LogP) is 2.01. The molecule has 1 amide bonds. The summed E-state index contributed by atoms with van der Waals surface area (Å²) in [5.74, 6) is 0.805. The van der Waals surface area contributed by atoms with Gasteiger partial charge in [-0.25, -0.2) is 0 Å². The van der Waals surface area contributed by atoms with Crippen molar-refractivity contribution in [2.45, 2.75) is 24.1 Å². The van der Waals surface area contributed by atoms with Crippen LogP contribution < -0.4 is 10.9 Å². The first-order valence-corrected chi connectivity index (χ1v) is 9.31. The summed E-state index contributed by atoms with van der Waals surface area (Å²) in [6.07, 6.45) is 1.58. The van der Waals surface area contributed by atoms with E-state index in [0.717, 1.165) is 18.4 Å². The molecule has 0 saturated carbocycles. The molecule has 1 saturated heterocycles. The summed E-state index contributed by atoms with van der Waals surface area (Å²) in [5.41, 5.74) is 1.13. The van der Waals surface area contributed by atoms with E-state index in [2.05, 4.69) is 10.4 Å². The van der Waals surface area contributed by atoms with E-state index in [1.165, 1.54) is 11.8 Å². The topological polar surface area (TPSA) is 96.3 Å². The first-order valence-electron chi connectivity index (χ1n) is 8.26. The standard InChI is InChI=1S/C17H19N3O4S/c21-12-3-1-2-10(8-12)15-14-16(18-13(22)9-25-15)20(19-17(14)23)11-4-6-24-7-5-11/h1-3,8,11,15,21H,4-7,9H2,(H,18,22)(H,19,23)/t15-/m0/s1. The summed E-state index contributed by atoms with van der Waals surface area (Å²) in [7, 11) is 0. The van der Waals surface area contributed by atoms with Crippen LogP contribution >= 0.6 is 11.8 Å². The van der Waals surface area contributed by atoms with Crippen molar-refractivity contribution in [1.82, 2.24) is 9.78 Å². The van der Waals surface area contributed by atoms with Crippen molar-refractivity contribution in [3.8, 4) is 5.75 Å². The van der Waals surface area contributed by atoms with Crippen molar-refractivity contribution < 1.29 is 14.6 Å². The number of aromatic nitrogens is 2. The molecule has 8 heteroatoms. The van der Waals surface area contributed by atoms with Gasteiger partial charge >= 0.3 is 0 Å². The lowest BCUT2D eigenvalue weighted by molar-refractivity contribution is -0.113. The van der Waals surface area contributed by atoms with Gasteiger partial charge in [-0.1, -0.05) is 12.1 Å². The molecule has 1 atom stereocenters. The zero-order valence-electron chi connectivity index (χ0n) is 13.5. The molecule has 0 radical (unpaired) electrons. The number of amides is 1. The van der Waals surface area contributed by atoms with E-state index in [1.807, 2.05) is 6.07 Å². The van der Waals surface area contributed by atoms with Gasteiger partial charge in [-0.05, 0) is 30.5 Å². The number of H-pyrrole nitrogens is 1. The summed E-state index contributed by atoms with van der Waals surface area (Å²) >= 11 is 1.39. The molecule has 0 aliphatic carbocycles. The van der Waals surface area contributed by atoms with Crippen molar-refractivity contribution in [2.24, 2.45) is 0 Å². The maximum Gasteiger partial charge on any atom is 0.270 e. The Morgan fingerprint density at radius 1 is 1.24 bits per heavy atom. The summed E-state index contributed by atoms with van der Waals surface area (Å²) in [5, 5.41) is 15.3. The number of carbonyl (C=O) groups is 1. The van der Waals surface area contributed by atoms with Gasteiger partial charge in [0.25, 0.3) is 5.56 Å². The van der Waals surface area contributed by atoms with Crippen LogP contribution in [0.25, 0.3) is 0 Å². The van der Waals surface area contributed by atoms with Gasteiger partial charge in [0.15, 0.2) is 0 Å². The van der Waals surface area contributed by atoms with Gasteiger partial charge in [0.05, 0.1) is 22.6 Å². The quantitative estimate of drug-likeness (QED) is 0.760. The zero-order chi connectivity index (χ0) is 17.4. The third-order valence-corrected chi connectivity index (χ3v) is 5.86. The molecule has 0 bridgehead atoms. The van der Waals surface area contributed by atoms with Gasteiger partial charge in [0.2, 0.25) is 5.91 Å². The van der Waals surface area contributed by atoms with Crippen LogP contribution in [-0.2, 0) is 9.53 Å². The minimum absolute atomic E-state index is 0.0958. The Morgan fingerprint density at radius 2 is 2.04 bits per heavy atom. The molecule has 7 nitrogen and oxygen atoms in total. The molecule has 132 valence electrons. The summed E-state index contributed by atoms with van der Waals surface area (Å²) in [6.45, 7) is 1.27. The molecule has 2 aromatic rings. The van der Waals surface area contributed by atoms with Gasteiger partial charge in [-0.2, -0.15) is 0 Å². The first-order chi connectivity index (χ1) is 12.1. The first kappa shape index (κ1) is 16.3. The SMILES string of the molecule is O=C1CS[C@@H](c2cccc(O)c2)c2c(n(C3CCOCC3)[nH]c2=O)N1. The largest absolute Gasteiger partial charge is 0.508 e. The molecule has 2 aliphatic rings. The van der Waals surface area contributed by atoms with Gasteiger partial charge in [0, 0.05) is 13.2 Å². The molecule has 4 rings (SSSR count). The highest BCUT2D eigenvalue weighted by Gasteiger charge is 2.32. The highest BCUT2D eigenvalue weighted by atomic mass is 32.2. The minimum Gasteiger partial charge on any atom is -0.508 e. The van der Waals surface area contributed by atoms with Gasteiger partial charge in [-0.15, -0.1) is 11.8 Å². The highest BCUT2D eigenvalue weighted by molar-refractivity contribution is 8.00. The van der Waals surface area contributed by atoms with E-state index < -0.39 is 0 Å². The number of aromatic amines is 1. The van der Waals surface area contributed by atoms with Crippen LogP contribution in [0.5, 0.6) is 5.75 Å². The van der Waals surface area contributed by atoms with Crippen LogP contribution in [0.15, 0.2) is 29.1 Å². The Labute approximate surface area is 148 Å². The van der Waals surface area contributed by atoms with Gasteiger partial charge < -0.3 is 15.2 Å². The number of rotatable bonds is 2. The average Bonchev–Trinajstić information content (AvgIpc) is 2.82. The van der Waals surface area contributed by atoms with E-state index in [0.29, 0.717) is 24.6 Å². The lowest BCUT2D eigenvalue weighted by Gasteiger charge is -2.25. The maximum absolute atomic E-state index is 12.7. The second-order valence-corrected chi connectivity index (χ2v) is 7.34. The van der Waals surface area contributed by atoms with Gasteiger partial charge in [0.1, 0.15) is 11.6 Å². The lowest BCUT2D eigenvalue weighted by atomic mass is 10.1. The van der Waals surface area contributed by atoms with Gasteiger partial charge in [-0.3, -0.25) is 19.4 Å². The van der Waals surface area contributed by atoms with Crippen LogP contribution in [0.1, 0.15) is 35.3 Å². The van der Waals surface area contributed by atoms with E-state index in [4.69, 9.17) is 4.74 Å². The number of phenolic OH excluding ortho intramolecular Hbond substituents is 1. The van der Waals surface area contributed by atoms with E-state index in [-0.39, 0.29) is 34.3 Å². The molecule has 3 N–H and O–H groups in total. The summed E-state index contributed by atoms with van der Waals surface area (Å²) < 4.78 is 7.19. The number of nitrogens with one attached hydrogen (secondary N) is 2. The molecular weight excluding hydrogens is 342 g/mol. The number of aromatic hydroxyl groups is 1. The number of anilines is 1. The number of hydrogen-bond acceptors (Lipinski definition) is 5. The molecule has 2 aliphatic heterocycles. The number of ether oxygens (including phenoxy) is 1. The molecule has 1 fully saturated rings. The second kappa shape index (κ2) is 6.61. The zero-order valence-corrected chi connectivity index (χ0v) is 14.3. The number of thioether (sulfide) groups is 1. The van der Waals surface area contributed by atoms with Crippen molar-refractivity contribution in [3.63, 3.8) is 0 Å². The summed E-state index contributed by atoms with van der Waals surface area (Å²) in [4.78, 5) is 24.9. The van der Waals surface area contributed by atoms with E-state index in [9.17, 15) is 14.7 Å². The fourth-order valence-corrected chi connectivity index (χ4v) is 4.53. The van der Waals surface area contributed by atoms with Crippen LogP contribution in [0.3, 0.4) is 0 Å². The Hall–Kier alpha value is -2.19. The Morgan fingerprint density at radius 3 is 2.80 bits per heavy atom. The van der Waals surface area contributed by atoms with Crippen molar-refractivity contribution in [3.05, 3.63) is 45.7 Å². The molecule has 0 unspecified atom stereocenters. The lowest BCUT2D eigenvalue weighted by Crippen LogP contribution is -2.24. The molecule has 25 heavy (non-hydrogen) atoms. The second-order valence-electron chi connectivity index (χ2n) is 6.25. The van der Waals surface area contributed by atoms with Crippen LogP contribution in [-0.4, -0.2) is 39.8 Å². The minimum atomic E-state index is -0.314. The third kappa shape index (κ3) is 3.07. The predicted molar refractivity (Wildman–Crippen MR) is 95.2 cm³/mol. The molecule has 1 aromatic heterocycles. The number of phenols is 1. The number of carbonyl (C=O) groups excluding carboxylic acids is 1. The molecule has 3 heterocycles. The Kier molecular flexibility index (Phi) is 4.30. The average molecular weight is 361 g/mol. The fraction of sp³-hybridized carbons (Fsp3) is 0.412. The Bertz CT molecular complexity index is 854. The smallest absolute Gasteiger partial charge is 0.270 e. The third-order valence-electron chi connectivity index (χ3n) is 4.59. The van der Waals surface area contributed by atoms with E-state index in [1.54, 1.807) is 22.9 Å². The highest BCUT2D eigenvalue weighted by Crippen LogP contribution is 2.41. The number of fused-ring (bicyclic) bond motifs is 1. The van der Waals surface area contributed by atoms with E-state index >= 15 is 0 Å². The van der Waals surface area contributed by atoms with Crippen molar-refractivity contribution in [1.29, 1.82) is 0 Å². The van der Waals surface area contributed by atoms with Crippen LogP contribution in [0.4, 0.5) is 5.82 Å². The molecule has 0 spiro atoms. The maximum atomic E-state index is 12.7. The number of hydrogen-bond donors (Lipinski definition) is 3. The van der Waals surface area contributed by atoms with Crippen molar-refractivity contribution >= 4 is 23.5 Å². The fourth-order valence-electron chi connectivity index (χ4n) is 3.41. The molecule has 1 aromatic carbocycles. The van der Waals surface area contributed by atoms with Crippen molar-refractivity contribution in [2.75, 3.05) is 24.3 Å². The molecular formula is C17H19N3O4S. The monoisotopic (exact) mass is 361 g/mol. The number of nitrogens with zero attached hydrogens (tertiary/aromatic N) is 1. The van der Waals surface area contributed by atoms with Crippen LogP contribution in [0, 0.1) is 0 Å². The summed E-state index contributed by atoms with van der Waals surface area (Å²) in [6, 6.07) is 6.94. The van der Waals surface area contributed by atoms with Crippen LogP contribution in [0.2, 0.25) is 0 Å². The number of benzene rings is 1. The Balaban J connectivity index is 1.82. The normalized spacial score (nSPS) is 21.4.